The van der Waals surface area contributed by atoms with Crippen molar-refractivity contribution >= 4 is 18.5 Å². The van der Waals surface area contributed by atoms with E-state index in [-0.39, 0.29) is 11.9 Å². The summed E-state index contributed by atoms with van der Waals surface area (Å²) in [5, 5.41) is 3.01. The van der Waals surface area contributed by atoms with Gasteiger partial charge >= 0.3 is 0 Å². The van der Waals surface area contributed by atoms with Gasteiger partial charge in [-0.2, -0.15) is 0 Å². The number of thiol groups is 1. The van der Waals surface area contributed by atoms with Gasteiger partial charge in [0, 0.05) is 6.04 Å². The first-order valence-electron chi connectivity index (χ1n) is 4.45. The van der Waals surface area contributed by atoms with Crippen molar-refractivity contribution in [2.75, 3.05) is 0 Å². The molecule has 1 N–H and O–H groups in total. The molecule has 1 rings (SSSR count). The normalized spacial score (nSPS) is 28.5. The molecule has 1 amide bonds. The Hall–Kier alpha value is -0.640. The topological polar surface area (TPSA) is 32.3 Å². The molecule has 1 atom stereocenters. The zero-order valence-corrected chi connectivity index (χ0v) is 9.19. The molecule has 0 aromatic heterocycles. The maximum absolute atomic E-state index is 11.8. The second kappa shape index (κ2) is 3.25. The van der Waals surface area contributed by atoms with E-state index in [0.717, 1.165) is 0 Å². The van der Waals surface area contributed by atoms with Crippen LogP contribution in [0.5, 0.6) is 0 Å². The smallest absolute Gasteiger partial charge is 0.264 e. The summed E-state index contributed by atoms with van der Waals surface area (Å²) in [7, 11) is 0. The van der Waals surface area contributed by atoms with Gasteiger partial charge in [0.25, 0.3) is 5.91 Å². The van der Waals surface area contributed by atoms with Crippen molar-refractivity contribution in [2.45, 2.75) is 38.1 Å². The zero-order valence-electron chi connectivity index (χ0n) is 8.29. The predicted octanol–water partition coefficient (Wildman–Crippen LogP) is 1.33. The zero-order chi connectivity index (χ0) is 10.2. The highest BCUT2D eigenvalue weighted by Crippen LogP contribution is 2.29. The highest BCUT2D eigenvalue weighted by molar-refractivity contribution is 7.82. The number of carbonyl (C=O) groups is 1. The number of hydrogen-bond donors (Lipinski definition) is 2. The van der Waals surface area contributed by atoms with Gasteiger partial charge in [-0.05, 0) is 20.3 Å². The average Bonchev–Trinajstić information content (AvgIpc) is 2.24. The van der Waals surface area contributed by atoms with E-state index in [1.54, 1.807) is 4.90 Å². The summed E-state index contributed by atoms with van der Waals surface area (Å²) < 4.78 is 0. The van der Waals surface area contributed by atoms with Gasteiger partial charge in [0.05, 0.1) is 0 Å². The Morgan fingerprint density at radius 2 is 2.23 bits per heavy atom. The molecule has 0 saturated carbocycles. The standard InChI is InChI=1S/C9H16N2OS/c1-5-9(13)8(12)11(6(2)3)7(4)10-9/h6,10,13H,4-5H2,1-3H3/t9-/m0/s1. The van der Waals surface area contributed by atoms with Crippen LogP contribution >= 0.6 is 12.6 Å². The number of hydrogen-bond acceptors (Lipinski definition) is 3. The van der Waals surface area contributed by atoms with Crippen molar-refractivity contribution < 1.29 is 4.79 Å². The Morgan fingerprint density at radius 1 is 1.69 bits per heavy atom. The van der Waals surface area contributed by atoms with Gasteiger partial charge in [-0.1, -0.05) is 13.5 Å². The van der Waals surface area contributed by atoms with Gasteiger partial charge in [0.2, 0.25) is 0 Å². The van der Waals surface area contributed by atoms with E-state index in [9.17, 15) is 4.79 Å². The van der Waals surface area contributed by atoms with E-state index in [4.69, 9.17) is 0 Å². The molecule has 0 aromatic rings. The van der Waals surface area contributed by atoms with Gasteiger partial charge in [0.1, 0.15) is 5.82 Å². The van der Waals surface area contributed by atoms with Gasteiger partial charge in [-0.3, -0.25) is 9.69 Å². The number of rotatable bonds is 2. The predicted molar refractivity (Wildman–Crippen MR) is 56.3 cm³/mol. The van der Waals surface area contributed by atoms with E-state index >= 15 is 0 Å². The van der Waals surface area contributed by atoms with Crippen molar-refractivity contribution in [2.24, 2.45) is 0 Å². The highest BCUT2D eigenvalue weighted by atomic mass is 32.1. The molecule has 0 radical (unpaired) electrons. The van der Waals surface area contributed by atoms with Crippen LogP contribution in [0.4, 0.5) is 0 Å². The molecule has 0 unspecified atom stereocenters. The van der Waals surface area contributed by atoms with Crippen LogP contribution in [0.25, 0.3) is 0 Å². The number of carbonyl (C=O) groups excluding carboxylic acids is 1. The highest BCUT2D eigenvalue weighted by Gasteiger charge is 2.45. The molecule has 1 fully saturated rings. The number of nitrogens with one attached hydrogen (secondary N) is 1. The van der Waals surface area contributed by atoms with E-state index in [1.165, 1.54) is 0 Å². The Bertz CT molecular complexity index is 252. The van der Waals surface area contributed by atoms with Crippen molar-refractivity contribution in [3.05, 3.63) is 12.4 Å². The first kappa shape index (κ1) is 10.4. The molecule has 1 heterocycles. The maximum atomic E-state index is 11.8. The molecular weight excluding hydrogens is 184 g/mol. The molecule has 1 saturated heterocycles. The van der Waals surface area contributed by atoms with Crippen LogP contribution < -0.4 is 5.32 Å². The lowest BCUT2D eigenvalue weighted by Crippen LogP contribution is -2.41. The van der Waals surface area contributed by atoms with Crippen LogP contribution in [0, 0.1) is 0 Å². The first-order valence-corrected chi connectivity index (χ1v) is 4.90. The van der Waals surface area contributed by atoms with E-state index in [2.05, 4.69) is 24.5 Å². The molecule has 4 heteroatoms. The first-order chi connectivity index (χ1) is 5.92. The summed E-state index contributed by atoms with van der Waals surface area (Å²) in [5.74, 6) is 0.648. The average molecular weight is 200 g/mol. The quantitative estimate of drug-likeness (QED) is 0.659. The minimum Gasteiger partial charge on any atom is -0.350 e. The summed E-state index contributed by atoms with van der Waals surface area (Å²) in [4.78, 5) is 12.7. The SMILES string of the molecule is C=C1N[C@](S)(CC)C(=O)N1C(C)C. The second-order valence-corrected chi connectivity index (χ2v) is 4.32. The fourth-order valence-electron chi connectivity index (χ4n) is 1.46. The van der Waals surface area contributed by atoms with Gasteiger partial charge < -0.3 is 5.32 Å². The Balaban J connectivity index is 2.94. The monoisotopic (exact) mass is 200 g/mol. The molecule has 13 heavy (non-hydrogen) atoms. The number of amides is 1. The lowest BCUT2D eigenvalue weighted by Gasteiger charge is -2.21. The molecule has 0 bridgehead atoms. The van der Waals surface area contributed by atoms with Crippen LogP contribution in [-0.4, -0.2) is 21.7 Å². The summed E-state index contributed by atoms with van der Waals surface area (Å²) in [6.07, 6.45) is 0.650. The summed E-state index contributed by atoms with van der Waals surface area (Å²) in [5.41, 5.74) is 0. The van der Waals surface area contributed by atoms with E-state index < -0.39 is 4.87 Å². The van der Waals surface area contributed by atoms with E-state index in [0.29, 0.717) is 12.2 Å². The molecule has 1 aliphatic rings. The van der Waals surface area contributed by atoms with Crippen LogP contribution in [0.1, 0.15) is 27.2 Å². The summed E-state index contributed by atoms with van der Waals surface area (Å²) >= 11 is 4.33. The van der Waals surface area contributed by atoms with Gasteiger partial charge in [0.15, 0.2) is 4.87 Å². The van der Waals surface area contributed by atoms with Crippen molar-refractivity contribution in [3.63, 3.8) is 0 Å². The van der Waals surface area contributed by atoms with Crippen molar-refractivity contribution in [1.29, 1.82) is 0 Å². The molecule has 0 aromatic carbocycles. The third-order valence-electron chi connectivity index (χ3n) is 2.24. The van der Waals surface area contributed by atoms with E-state index in [1.807, 2.05) is 20.8 Å². The second-order valence-electron chi connectivity index (χ2n) is 3.55. The van der Waals surface area contributed by atoms with Crippen LogP contribution in [0.2, 0.25) is 0 Å². The molecule has 0 aliphatic carbocycles. The largest absolute Gasteiger partial charge is 0.350 e. The Morgan fingerprint density at radius 3 is 2.46 bits per heavy atom. The Kier molecular flexibility index (Phi) is 2.61. The minimum atomic E-state index is -0.749. The third-order valence-corrected chi connectivity index (χ3v) is 2.86. The van der Waals surface area contributed by atoms with Crippen LogP contribution in [0.15, 0.2) is 12.4 Å². The van der Waals surface area contributed by atoms with Crippen molar-refractivity contribution in [1.82, 2.24) is 10.2 Å². The number of nitrogens with zero attached hydrogens (tertiary/aromatic N) is 1. The summed E-state index contributed by atoms with van der Waals surface area (Å²) in [6, 6.07) is 0.132. The molecule has 74 valence electrons. The van der Waals surface area contributed by atoms with Crippen LogP contribution in [0.3, 0.4) is 0 Å². The maximum Gasteiger partial charge on any atom is 0.264 e. The molecule has 3 nitrogen and oxygen atoms in total. The van der Waals surface area contributed by atoms with Crippen LogP contribution in [-0.2, 0) is 4.79 Å². The molecule has 1 aliphatic heterocycles. The van der Waals surface area contributed by atoms with Gasteiger partial charge in [-0.25, -0.2) is 0 Å². The summed E-state index contributed by atoms with van der Waals surface area (Å²) in [6.45, 7) is 9.64. The van der Waals surface area contributed by atoms with Crippen molar-refractivity contribution in [3.8, 4) is 0 Å². The lowest BCUT2D eigenvalue weighted by molar-refractivity contribution is -0.130. The minimum absolute atomic E-state index is 0.00154. The van der Waals surface area contributed by atoms with Gasteiger partial charge in [-0.15, -0.1) is 12.6 Å². The third kappa shape index (κ3) is 1.55. The lowest BCUT2D eigenvalue weighted by atomic mass is 10.2. The fraction of sp³-hybridized carbons (Fsp3) is 0.667. The molecule has 0 spiro atoms. The Labute approximate surface area is 84.6 Å². The fourth-order valence-corrected chi connectivity index (χ4v) is 1.70. The molecular formula is C9H16N2OS.